The van der Waals surface area contributed by atoms with Crippen LogP contribution in [0.15, 0.2) is 0 Å². The highest BCUT2D eigenvalue weighted by Crippen LogP contribution is 2.67. The molecule has 0 atom stereocenters. The van der Waals surface area contributed by atoms with Crippen LogP contribution < -0.4 is 10.6 Å². The summed E-state index contributed by atoms with van der Waals surface area (Å²) in [6, 6.07) is 0. The van der Waals surface area contributed by atoms with E-state index in [0.29, 0.717) is 0 Å². The number of hydrogen-bond donors (Lipinski definition) is 2. The normalized spacial score (nSPS) is 49.0. The molecule has 0 aromatic rings. The van der Waals surface area contributed by atoms with Gasteiger partial charge in [-0.25, -0.2) is 0 Å². The largest absolute Gasteiger partial charge is 0.351 e. The lowest BCUT2D eigenvalue weighted by Crippen LogP contribution is -2.74. The van der Waals surface area contributed by atoms with Crippen LogP contribution in [0.3, 0.4) is 0 Å². The first kappa shape index (κ1) is 13.9. The first-order valence-electron chi connectivity index (χ1n) is 7.65. The van der Waals surface area contributed by atoms with E-state index in [0.717, 1.165) is 32.1 Å². The highest BCUT2D eigenvalue weighted by Gasteiger charge is 2.66. The van der Waals surface area contributed by atoms with E-state index in [1.165, 1.54) is 6.42 Å². The van der Waals surface area contributed by atoms with Gasteiger partial charge in [-0.1, -0.05) is 13.8 Å². The third kappa shape index (κ3) is 2.13. The maximum Gasteiger partial charge on any atom is 0.217 e. The number of nitrogens with one attached hydrogen (secondary N) is 2. The lowest BCUT2D eigenvalue weighted by atomic mass is 9.40. The van der Waals surface area contributed by atoms with Crippen LogP contribution in [0.5, 0.6) is 0 Å². The molecule has 4 aliphatic carbocycles. The Morgan fingerprint density at radius 1 is 0.700 bits per heavy atom. The van der Waals surface area contributed by atoms with E-state index >= 15 is 0 Å². The summed E-state index contributed by atoms with van der Waals surface area (Å²) in [5.74, 6) is 0.106. The lowest BCUT2D eigenvalue weighted by molar-refractivity contribution is -0.154. The van der Waals surface area contributed by atoms with Crippen LogP contribution in [0, 0.1) is 10.8 Å². The van der Waals surface area contributed by atoms with Gasteiger partial charge in [-0.3, -0.25) is 9.59 Å². The molecule has 4 nitrogen and oxygen atoms in total. The third-order valence-corrected chi connectivity index (χ3v) is 5.47. The van der Waals surface area contributed by atoms with E-state index in [1.807, 2.05) is 0 Å². The Bertz CT molecular complexity index is 429. The monoisotopic (exact) mass is 278 g/mol. The average Bonchev–Trinajstić information content (AvgIpc) is 2.03. The van der Waals surface area contributed by atoms with Crippen LogP contribution in [0.2, 0.25) is 0 Å². The minimum absolute atomic E-state index is 0.0529. The van der Waals surface area contributed by atoms with Crippen molar-refractivity contribution in [1.82, 2.24) is 10.6 Å². The van der Waals surface area contributed by atoms with Gasteiger partial charge in [0, 0.05) is 24.9 Å². The minimum Gasteiger partial charge on any atom is -0.351 e. The number of rotatable bonds is 2. The van der Waals surface area contributed by atoms with Crippen LogP contribution >= 0.6 is 0 Å². The van der Waals surface area contributed by atoms with Gasteiger partial charge in [0.25, 0.3) is 0 Å². The second kappa shape index (κ2) is 3.77. The standard InChI is InChI=1S/C16H26N2O2/c1-11(19)17-15-6-13(3)5-14(4,7-15)9-16(8-13,10-15)18-12(2)20/h5-10H2,1-4H3,(H,17,19)(H,18,20). The molecule has 0 unspecified atom stereocenters. The summed E-state index contributed by atoms with van der Waals surface area (Å²) in [5.41, 5.74) is 0.224. The van der Waals surface area contributed by atoms with Crippen LogP contribution in [0.1, 0.15) is 66.2 Å². The Hall–Kier alpha value is -1.06. The Morgan fingerprint density at radius 2 is 1.05 bits per heavy atom. The zero-order chi connectivity index (χ0) is 14.8. The Labute approximate surface area is 121 Å². The van der Waals surface area contributed by atoms with Crippen molar-refractivity contribution in [1.29, 1.82) is 0 Å². The Morgan fingerprint density at radius 3 is 1.35 bits per heavy atom. The molecule has 20 heavy (non-hydrogen) atoms. The lowest BCUT2D eigenvalue weighted by Gasteiger charge is -2.69. The molecule has 0 saturated heterocycles. The molecule has 0 spiro atoms. The summed E-state index contributed by atoms with van der Waals surface area (Å²) in [4.78, 5) is 23.3. The summed E-state index contributed by atoms with van der Waals surface area (Å²) in [6.07, 6.45) is 6.31. The van der Waals surface area contributed by atoms with Gasteiger partial charge in [0.15, 0.2) is 0 Å². The summed E-state index contributed by atoms with van der Waals surface area (Å²) >= 11 is 0. The molecule has 112 valence electrons. The number of carbonyl (C=O) groups excluding carboxylic acids is 2. The van der Waals surface area contributed by atoms with Gasteiger partial charge >= 0.3 is 0 Å². The predicted octanol–water partition coefficient (Wildman–Crippen LogP) is 2.13. The van der Waals surface area contributed by atoms with Crippen molar-refractivity contribution in [2.24, 2.45) is 10.8 Å². The first-order chi connectivity index (χ1) is 9.08. The van der Waals surface area contributed by atoms with Crippen LogP contribution in [-0.4, -0.2) is 22.9 Å². The molecule has 2 N–H and O–H groups in total. The van der Waals surface area contributed by atoms with Gasteiger partial charge in [-0.05, 0) is 49.4 Å². The van der Waals surface area contributed by atoms with Crippen LogP contribution in [0.4, 0.5) is 0 Å². The number of amides is 2. The molecule has 0 aliphatic heterocycles. The fourth-order valence-electron chi connectivity index (χ4n) is 6.71. The van der Waals surface area contributed by atoms with E-state index in [4.69, 9.17) is 0 Å². The fraction of sp³-hybridized carbons (Fsp3) is 0.875. The second-order valence-electron chi connectivity index (χ2n) is 8.61. The van der Waals surface area contributed by atoms with E-state index < -0.39 is 0 Å². The molecule has 4 fully saturated rings. The van der Waals surface area contributed by atoms with Crippen molar-refractivity contribution in [3.05, 3.63) is 0 Å². The summed E-state index contributed by atoms with van der Waals surface area (Å²) in [7, 11) is 0. The molecule has 4 rings (SSSR count). The van der Waals surface area contributed by atoms with Crippen LogP contribution in [0.25, 0.3) is 0 Å². The van der Waals surface area contributed by atoms with Gasteiger partial charge in [-0.15, -0.1) is 0 Å². The molecular weight excluding hydrogens is 252 g/mol. The van der Waals surface area contributed by atoms with Crippen molar-refractivity contribution in [2.45, 2.75) is 77.3 Å². The zero-order valence-corrected chi connectivity index (χ0v) is 13.1. The Kier molecular flexibility index (Phi) is 2.62. The molecule has 0 aromatic carbocycles. The van der Waals surface area contributed by atoms with E-state index in [-0.39, 0.29) is 33.7 Å². The van der Waals surface area contributed by atoms with Crippen molar-refractivity contribution in [3.63, 3.8) is 0 Å². The summed E-state index contributed by atoms with van der Waals surface area (Å²) in [6.45, 7) is 7.87. The van der Waals surface area contributed by atoms with Crippen molar-refractivity contribution >= 4 is 11.8 Å². The molecule has 0 radical (unpaired) electrons. The quantitative estimate of drug-likeness (QED) is 0.813. The first-order valence-corrected chi connectivity index (χ1v) is 7.65. The van der Waals surface area contributed by atoms with E-state index in [2.05, 4.69) is 24.5 Å². The maximum absolute atomic E-state index is 11.7. The highest BCUT2D eigenvalue weighted by atomic mass is 16.2. The van der Waals surface area contributed by atoms with Crippen molar-refractivity contribution in [3.8, 4) is 0 Å². The molecule has 0 heterocycles. The minimum atomic E-state index is -0.119. The van der Waals surface area contributed by atoms with Gasteiger partial charge in [-0.2, -0.15) is 0 Å². The molecule has 0 aromatic heterocycles. The van der Waals surface area contributed by atoms with Gasteiger partial charge in [0.2, 0.25) is 11.8 Å². The van der Waals surface area contributed by atoms with E-state index in [9.17, 15) is 9.59 Å². The smallest absolute Gasteiger partial charge is 0.217 e. The summed E-state index contributed by atoms with van der Waals surface area (Å²) < 4.78 is 0. The van der Waals surface area contributed by atoms with Crippen LogP contribution in [-0.2, 0) is 9.59 Å². The maximum atomic E-state index is 11.7. The van der Waals surface area contributed by atoms with Gasteiger partial charge < -0.3 is 10.6 Å². The molecule has 4 aliphatic rings. The molecule has 4 heteroatoms. The summed E-state index contributed by atoms with van der Waals surface area (Å²) in [5, 5.41) is 6.49. The van der Waals surface area contributed by atoms with E-state index in [1.54, 1.807) is 13.8 Å². The Balaban J connectivity index is 2.00. The van der Waals surface area contributed by atoms with Crippen molar-refractivity contribution in [2.75, 3.05) is 0 Å². The topological polar surface area (TPSA) is 58.2 Å². The number of carbonyl (C=O) groups is 2. The average molecular weight is 278 g/mol. The molecule has 4 saturated carbocycles. The molecule has 2 amide bonds. The second-order valence-corrected chi connectivity index (χ2v) is 8.61. The third-order valence-electron chi connectivity index (χ3n) is 5.47. The van der Waals surface area contributed by atoms with Gasteiger partial charge in [0.05, 0.1) is 0 Å². The van der Waals surface area contributed by atoms with Gasteiger partial charge in [0.1, 0.15) is 0 Å². The van der Waals surface area contributed by atoms with Crippen molar-refractivity contribution < 1.29 is 9.59 Å². The molecular formula is C16H26N2O2. The fourth-order valence-corrected chi connectivity index (χ4v) is 6.71. The number of hydrogen-bond acceptors (Lipinski definition) is 2. The predicted molar refractivity (Wildman–Crippen MR) is 77.0 cm³/mol. The highest BCUT2D eigenvalue weighted by molar-refractivity contribution is 5.75. The SMILES string of the molecule is CC(=O)NC12CC3(C)CC(C)(C1)CC(NC(C)=O)(C3)C2. The molecule has 4 bridgehead atoms. The zero-order valence-electron chi connectivity index (χ0n) is 13.1.